The SMILES string of the molecule is C=Cc1c(F)c(F)c(C(Cl)Cl)c(F)c1F. The summed E-state index contributed by atoms with van der Waals surface area (Å²) in [6.45, 7) is 3.03. The fraction of sp³-hybridized carbons (Fsp3) is 0.111. The van der Waals surface area contributed by atoms with Crippen LogP contribution in [0.25, 0.3) is 6.08 Å². The highest BCUT2D eigenvalue weighted by molar-refractivity contribution is 6.44. The molecule has 0 saturated heterocycles. The van der Waals surface area contributed by atoms with Gasteiger partial charge in [0.2, 0.25) is 0 Å². The van der Waals surface area contributed by atoms with Crippen molar-refractivity contribution in [3.8, 4) is 0 Å². The first-order valence-corrected chi connectivity index (χ1v) is 4.55. The van der Waals surface area contributed by atoms with Crippen LogP contribution >= 0.6 is 23.2 Å². The van der Waals surface area contributed by atoms with Gasteiger partial charge in [-0.15, -0.1) is 0 Å². The van der Waals surface area contributed by atoms with Gasteiger partial charge in [-0.2, -0.15) is 0 Å². The molecule has 0 aliphatic carbocycles. The molecular weight excluding hydrogens is 255 g/mol. The van der Waals surface area contributed by atoms with Crippen molar-refractivity contribution >= 4 is 29.3 Å². The molecule has 0 amide bonds. The highest BCUT2D eigenvalue weighted by Crippen LogP contribution is 2.34. The standard InChI is InChI=1S/C9H4Cl2F4/c1-2-3-5(12)7(14)4(9(10)11)8(15)6(3)13/h2,9H,1H2. The lowest BCUT2D eigenvalue weighted by molar-refractivity contribution is 0.440. The van der Waals surface area contributed by atoms with E-state index in [1.165, 1.54) is 0 Å². The van der Waals surface area contributed by atoms with E-state index in [0.29, 0.717) is 6.08 Å². The van der Waals surface area contributed by atoms with Gasteiger partial charge in [0.05, 0.1) is 11.1 Å². The van der Waals surface area contributed by atoms with E-state index < -0.39 is 39.2 Å². The molecule has 1 rings (SSSR count). The van der Waals surface area contributed by atoms with E-state index >= 15 is 0 Å². The van der Waals surface area contributed by atoms with Crippen LogP contribution in [0, 0.1) is 23.3 Å². The topological polar surface area (TPSA) is 0 Å². The Morgan fingerprint density at radius 2 is 1.33 bits per heavy atom. The lowest BCUT2D eigenvalue weighted by Gasteiger charge is -2.09. The summed E-state index contributed by atoms with van der Waals surface area (Å²) in [5.41, 5.74) is -1.93. The molecule has 0 N–H and O–H groups in total. The van der Waals surface area contributed by atoms with Crippen LogP contribution in [-0.2, 0) is 0 Å². The van der Waals surface area contributed by atoms with Crippen molar-refractivity contribution in [1.29, 1.82) is 0 Å². The molecule has 6 heteroatoms. The molecule has 0 atom stereocenters. The van der Waals surface area contributed by atoms with Crippen molar-refractivity contribution in [3.63, 3.8) is 0 Å². The first kappa shape index (κ1) is 12.3. The van der Waals surface area contributed by atoms with E-state index in [1.807, 2.05) is 0 Å². The van der Waals surface area contributed by atoms with Gasteiger partial charge in [-0.1, -0.05) is 35.9 Å². The molecule has 1 aromatic rings. The quantitative estimate of drug-likeness (QED) is 0.420. The maximum absolute atomic E-state index is 13.1. The first-order chi connectivity index (χ1) is 6.91. The van der Waals surface area contributed by atoms with Crippen LogP contribution in [0.4, 0.5) is 17.6 Å². The first-order valence-electron chi connectivity index (χ1n) is 3.68. The number of halogens is 6. The Morgan fingerprint density at radius 1 is 0.933 bits per heavy atom. The molecule has 0 bridgehead atoms. The van der Waals surface area contributed by atoms with Crippen LogP contribution < -0.4 is 0 Å². The molecular formula is C9H4Cl2F4. The zero-order chi connectivity index (χ0) is 11.7. The number of hydrogen-bond acceptors (Lipinski definition) is 0. The van der Waals surface area contributed by atoms with Crippen LogP contribution in [0.2, 0.25) is 0 Å². The molecule has 82 valence electrons. The molecule has 0 unspecified atom stereocenters. The second-order valence-electron chi connectivity index (χ2n) is 2.59. The van der Waals surface area contributed by atoms with E-state index in [1.54, 1.807) is 0 Å². The Hall–Kier alpha value is -0.740. The molecule has 0 heterocycles. The average Bonchev–Trinajstić information content (AvgIpc) is 2.16. The van der Waals surface area contributed by atoms with Crippen LogP contribution in [0.3, 0.4) is 0 Å². The lowest BCUT2D eigenvalue weighted by Crippen LogP contribution is -2.05. The third-order valence-corrected chi connectivity index (χ3v) is 2.19. The smallest absolute Gasteiger partial charge is 0.169 e. The monoisotopic (exact) mass is 258 g/mol. The Kier molecular flexibility index (Phi) is 3.62. The summed E-state index contributed by atoms with van der Waals surface area (Å²) in [6, 6.07) is 0. The summed E-state index contributed by atoms with van der Waals surface area (Å²) in [6.07, 6.45) is 0.665. The Morgan fingerprint density at radius 3 is 1.60 bits per heavy atom. The normalized spacial score (nSPS) is 10.9. The van der Waals surface area contributed by atoms with Gasteiger partial charge in [0.25, 0.3) is 0 Å². The predicted molar refractivity (Wildman–Crippen MR) is 50.8 cm³/mol. The Labute approximate surface area is 93.1 Å². The zero-order valence-electron chi connectivity index (χ0n) is 7.13. The molecule has 0 aromatic heterocycles. The maximum atomic E-state index is 13.1. The second kappa shape index (κ2) is 4.41. The van der Waals surface area contributed by atoms with Gasteiger partial charge in [-0.25, -0.2) is 17.6 Å². The minimum Gasteiger partial charge on any atom is -0.203 e. The number of hydrogen-bond donors (Lipinski definition) is 0. The molecule has 0 radical (unpaired) electrons. The van der Waals surface area contributed by atoms with Crippen LogP contribution in [0.15, 0.2) is 6.58 Å². The van der Waals surface area contributed by atoms with E-state index in [4.69, 9.17) is 23.2 Å². The van der Waals surface area contributed by atoms with Crippen molar-refractivity contribution in [2.24, 2.45) is 0 Å². The largest absolute Gasteiger partial charge is 0.203 e. The fourth-order valence-corrected chi connectivity index (χ4v) is 1.42. The zero-order valence-corrected chi connectivity index (χ0v) is 8.64. The molecule has 1 aromatic carbocycles. The third kappa shape index (κ3) is 1.96. The minimum absolute atomic E-state index is 0.665. The number of benzene rings is 1. The molecule has 0 aliphatic rings. The van der Waals surface area contributed by atoms with Crippen molar-refractivity contribution in [1.82, 2.24) is 0 Å². The van der Waals surface area contributed by atoms with Gasteiger partial charge in [-0.05, 0) is 0 Å². The predicted octanol–water partition coefficient (Wildman–Crippen LogP) is 4.36. The summed E-state index contributed by atoms with van der Waals surface area (Å²) >= 11 is 10.4. The third-order valence-electron chi connectivity index (χ3n) is 1.75. The summed E-state index contributed by atoms with van der Waals surface area (Å²) in [4.78, 5) is -1.69. The fourth-order valence-electron chi connectivity index (χ4n) is 1.04. The van der Waals surface area contributed by atoms with E-state index in [-0.39, 0.29) is 0 Å². The van der Waals surface area contributed by atoms with Gasteiger partial charge < -0.3 is 0 Å². The minimum atomic E-state index is -1.69. The molecule has 0 saturated carbocycles. The second-order valence-corrected chi connectivity index (χ2v) is 3.68. The van der Waals surface area contributed by atoms with Gasteiger partial charge >= 0.3 is 0 Å². The number of alkyl halides is 2. The van der Waals surface area contributed by atoms with Crippen LogP contribution in [-0.4, -0.2) is 0 Å². The summed E-state index contributed by atoms with van der Waals surface area (Å²) in [5, 5.41) is 0. The number of rotatable bonds is 2. The average molecular weight is 259 g/mol. The highest BCUT2D eigenvalue weighted by Gasteiger charge is 2.26. The van der Waals surface area contributed by atoms with E-state index in [2.05, 4.69) is 6.58 Å². The van der Waals surface area contributed by atoms with Gasteiger partial charge in [-0.3, -0.25) is 0 Å². The Bertz CT molecular complexity index is 386. The van der Waals surface area contributed by atoms with E-state index in [9.17, 15) is 17.6 Å². The molecule has 0 nitrogen and oxygen atoms in total. The van der Waals surface area contributed by atoms with Crippen molar-refractivity contribution in [3.05, 3.63) is 41.0 Å². The summed E-state index contributed by atoms with van der Waals surface area (Å²) in [5.74, 6) is -6.35. The maximum Gasteiger partial charge on any atom is 0.169 e. The van der Waals surface area contributed by atoms with Gasteiger partial charge in [0.15, 0.2) is 23.3 Å². The highest BCUT2D eigenvalue weighted by atomic mass is 35.5. The van der Waals surface area contributed by atoms with Gasteiger partial charge in [0.1, 0.15) is 4.84 Å². The molecule has 0 fully saturated rings. The summed E-state index contributed by atoms with van der Waals surface area (Å²) in [7, 11) is 0. The lowest BCUT2D eigenvalue weighted by atomic mass is 10.1. The van der Waals surface area contributed by atoms with Crippen LogP contribution in [0.5, 0.6) is 0 Å². The molecule has 0 aliphatic heterocycles. The van der Waals surface area contributed by atoms with Crippen molar-refractivity contribution in [2.75, 3.05) is 0 Å². The van der Waals surface area contributed by atoms with Crippen molar-refractivity contribution in [2.45, 2.75) is 4.84 Å². The Balaban J connectivity index is 3.66. The van der Waals surface area contributed by atoms with E-state index in [0.717, 1.165) is 0 Å². The summed E-state index contributed by atoms with van der Waals surface area (Å²) < 4.78 is 52.5. The van der Waals surface area contributed by atoms with Crippen LogP contribution in [0.1, 0.15) is 16.0 Å². The molecule has 0 spiro atoms. The van der Waals surface area contributed by atoms with Crippen molar-refractivity contribution < 1.29 is 17.6 Å². The molecule has 15 heavy (non-hydrogen) atoms. The van der Waals surface area contributed by atoms with Gasteiger partial charge in [0, 0.05) is 0 Å².